The Balaban J connectivity index is 1.51. The lowest BCUT2D eigenvalue weighted by atomic mass is 10.2. The lowest BCUT2D eigenvalue weighted by Gasteiger charge is -2.25. The summed E-state index contributed by atoms with van der Waals surface area (Å²) in [4.78, 5) is 16.6. The van der Waals surface area contributed by atoms with Crippen molar-refractivity contribution in [1.82, 2.24) is 9.47 Å². The summed E-state index contributed by atoms with van der Waals surface area (Å²) in [5.74, 6) is 0.616. The summed E-state index contributed by atoms with van der Waals surface area (Å²) < 4.78 is 8.04. The van der Waals surface area contributed by atoms with Crippen molar-refractivity contribution in [3.63, 3.8) is 0 Å². The number of rotatable bonds is 8. The Bertz CT molecular complexity index is 932. The number of carbonyl (C=O) groups excluding carboxylic acids is 1. The van der Waals surface area contributed by atoms with Crippen LogP contribution in [-0.2, 0) is 16.1 Å². The molecule has 1 aliphatic heterocycles. The molecule has 0 aromatic carbocycles. The van der Waals surface area contributed by atoms with Gasteiger partial charge in [-0.15, -0.1) is 11.3 Å². The molecule has 1 saturated heterocycles. The molecule has 7 heteroatoms. The summed E-state index contributed by atoms with van der Waals surface area (Å²) in [6.07, 6.45) is 6.93. The van der Waals surface area contributed by atoms with Crippen LogP contribution in [0.25, 0.3) is 0 Å². The van der Waals surface area contributed by atoms with Crippen molar-refractivity contribution in [2.24, 2.45) is 0 Å². The number of carbonyl (C=O) groups is 1. The van der Waals surface area contributed by atoms with Crippen LogP contribution in [0.1, 0.15) is 66.3 Å². The number of amides is 1. The van der Waals surface area contributed by atoms with Gasteiger partial charge in [0.25, 0.3) is 0 Å². The second kappa shape index (κ2) is 9.99. The smallest absolute Gasteiger partial charge is 0.239 e. The SMILES string of the molecule is Cc1c(C#N)c(NC(=O)CN(Cc2cccs2)C[C@H]2CCCO2)n(C2CCCC2)c1C. The molecule has 1 aliphatic carbocycles. The molecular weight excluding hydrogens is 408 g/mol. The van der Waals surface area contributed by atoms with E-state index in [-0.39, 0.29) is 18.6 Å². The number of ether oxygens (including phenoxy) is 1. The van der Waals surface area contributed by atoms with Crippen LogP contribution in [0.15, 0.2) is 17.5 Å². The van der Waals surface area contributed by atoms with Crippen LogP contribution in [0.2, 0.25) is 0 Å². The first-order valence-electron chi connectivity index (χ1n) is 11.3. The molecular formula is C24H32N4O2S. The summed E-state index contributed by atoms with van der Waals surface area (Å²) in [5.41, 5.74) is 2.66. The van der Waals surface area contributed by atoms with E-state index in [1.54, 1.807) is 11.3 Å². The van der Waals surface area contributed by atoms with Gasteiger partial charge in [0, 0.05) is 36.3 Å². The first kappa shape index (κ1) is 22.1. The largest absolute Gasteiger partial charge is 0.377 e. The standard InChI is InChI=1S/C24H32N4O2S/c1-17-18(2)28(19-7-3-4-8-19)24(22(17)13-25)26-23(29)16-27(14-20-9-5-11-30-20)15-21-10-6-12-31-21/h6,10,12,19-20H,3-5,7-9,11,14-16H2,1-2H3,(H,26,29)/t20-/m1/s1. The summed E-state index contributed by atoms with van der Waals surface area (Å²) in [7, 11) is 0. The van der Waals surface area contributed by atoms with E-state index in [9.17, 15) is 10.1 Å². The molecule has 0 radical (unpaired) electrons. The van der Waals surface area contributed by atoms with E-state index < -0.39 is 0 Å². The number of hydrogen-bond acceptors (Lipinski definition) is 5. The number of thiophene rings is 1. The molecule has 4 rings (SSSR count). The fraction of sp³-hybridized carbons (Fsp3) is 0.583. The average molecular weight is 441 g/mol. The zero-order chi connectivity index (χ0) is 21.8. The van der Waals surface area contributed by atoms with E-state index in [0.717, 1.165) is 56.6 Å². The molecule has 1 N–H and O–H groups in total. The zero-order valence-electron chi connectivity index (χ0n) is 18.5. The number of nitrogens with one attached hydrogen (secondary N) is 1. The molecule has 2 fully saturated rings. The van der Waals surface area contributed by atoms with E-state index in [0.29, 0.717) is 17.4 Å². The minimum atomic E-state index is -0.0669. The monoisotopic (exact) mass is 440 g/mol. The summed E-state index contributed by atoms with van der Waals surface area (Å²) in [5, 5.41) is 15.0. The van der Waals surface area contributed by atoms with Gasteiger partial charge in [-0.2, -0.15) is 5.26 Å². The summed E-state index contributed by atoms with van der Waals surface area (Å²) in [6, 6.07) is 6.85. The molecule has 1 amide bonds. The molecule has 1 atom stereocenters. The molecule has 2 aromatic rings. The predicted molar refractivity (Wildman–Crippen MR) is 123 cm³/mol. The highest BCUT2D eigenvalue weighted by Crippen LogP contribution is 2.37. The Morgan fingerprint density at radius 1 is 1.32 bits per heavy atom. The van der Waals surface area contributed by atoms with Gasteiger partial charge in [0.2, 0.25) is 5.91 Å². The van der Waals surface area contributed by atoms with E-state index in [1.807, 2.05) is 13.0 Å². The van der Waals surface area contributed by atoms with Gasteiger partial charge in [-0.25, -0.2) is 0 Å². The summed E-state index contributed by atoms with van der Waals surface area (Å²) in [6.45, 7) is 6.62. The molecule has 2 aromatic heterocycles. The van der Waals surface area contributed by atoms with Gasteiger partial charge in [0.05, 0.1) is 18.2 Å². The van der Waals surface area contributed by atoms with Crippen molar-refractivity contribution < 1.29 is 9.53 Å². The Hall–Kier alpha value is -2.14. The first-order valence-corrected chi connectivity index (χ1v) is 12.2. The molecule has 1 saturated carbocycles. The zero-order valence-corrected chi connectivity index (χ0v) is 19.3. The van der Waals surface area contributed by atoms with E-state index >= 15 is 0 Å². The van der Waals surface area contributed by atoms with Gasteiger partial charge < -0.3 is 14.6 Å². The molecule has 3 heterocycles. The molecule has 166 valence electrons. The number of nitriles is 1. The molecule has 0 spiro atoms. The normalized spacial score (nSPS) is 19.2. The molecule has 6 nitrogen and oxygen atoms in total. The van der Waals surface area contributed by atoms with Crippen LogP contribution >= 0.6 is 11.3 Å². The Morgan fingerprint density at radius 2 is 2.13 bits per heavy atom. The number of aromatic nitrogens is 1. The third-order valence-corrected chi connectivity index (χ3v) is 7.49. The van der Waals surface area contributed by atoms with E-state index in [2.05, 4.69) is 39.2 Å². The summed E-state index contributed by atoms with van der Waals surface area (Å²) >= 11 is 1.71. The van der Waals surface area contributed by atoms with Crippen molar-refractivity contribution in [2.45, 2.75) is 71.1 Å². The van der Waals surface area contributed by atoms with Crippen LogP contribution in [0.5, 0.6) is 0 Å². The second-order valence-corrected chi connectivity index (χ2v) is 9.82. The minimum Gasteiger partial charge on any atom is -0.377 e. The third kappa shape index (κ3) is 5.03. The Labute approximate surface area is 188 Å². The van der Waals surface area contributed by atoms with Gasteiger partial charge in [0.1, 0.15) is 11.9 Å². The third-order valence-electron chi connectivity index (χ3n) is 6.63. The molecule has 0 bridgehead atoms. The van der Waals surface area contributed by atoms with Crippen molar-refractivity contribution in [3.05, 3.63) is 39.2 Å². The van der Waals surface area contributed by atoms with Crippen LogP contribution in [0, 0.1) is 25.2 Å². The van der Waals surface area contributed by atoms with Gasteiger partial charge in [-0.1, -0.05) is 18.9 Å². The maximum atomic E-state index is 13.2. The van der Waals surface area contributed by atoms with Crippen LogP contribution < -0.4 is 5.32 Å². The van der Waals surface area contributed by atoms with Crippen molar-refractivity contribution in [2.75, 3.05) is 25.0 Å². The topological polar surface area (TPSA) is 70.3 Å². The van der Waals surface area contributed by atoms with Crippen molar-refractivity contribution in [1.29, 1.82) is 5.26 Å². The highest BCUT2D eigenvalue weighted by Gasteiger charge is 2.27. The lowest BCUT2D eigenvalue weighted by molar-refractivity contribution is -0.117. The molecule has 0 unspecified atom stereocenters. The van der Waals surface area contributed by atoms with Crippen LogP contribution in [-0.4, -0.2) is 41.2 Å². The van der Waals surface area contributed by atoms with Crippen LogP contribution in [0.4, 0.5) is 5.82 Å². The number of hydrogen-bond donors (Lipinski definition) is 1. The van der Waals surface area contributed by atoms with E-state index in [4.69, 9.17) is 4.74 Å². The molecule has 2 aliphatic rings. The van der Waals surface area contributed by atoms with E-state index in [1.165, 1.54) is 17.7 Å². The number of anilines is 1. The van der Waals surface area contributed by atoms with Crippen molar-refractivity contribution >= 4 is 23.1 Å². The van der Waals surface area contributed by atoms with Crippen LogP contribution in [0.3, 0.4) is 0 Å². The quantitative estimate of drug-likeness (QED) is 0.642. The second-order valence-electron chi connectivity index (χ2n) is 8.79. The molecule has 31 heavy (non-hydrogen) atoms. The fourth-order valence-electron chi connectivity index (χ4n) is 4.96. The average Bonchev–Trinajstić information content (AvgIpc) is 3.53. The van der Waals surface area contributed by atoms with Gasteiger partial charge in [-0.3, -0.25) is 9.69 Å². The number of nitrogens with zero attached hydrogens (tertiary/aromatic N) is 3. The Kier molecular flexibility index (Phi) is 7.11. The minimum absolute atomic E-state index is 0.0669. The van der Waals surface area contributed by atoms with Gasteiger partial charge in [0.15, 0.2) is 0 Å². The maximum absolute atomic E-state index is 13.2. The van der Waals surface area contributed by atoms with Crippen molar-refractivity contribution in [3.8, 4) is 6.07 Å². The highest BCUT2D eigenvalue weighted by molar-refractivity contribution is 7.09. The lowest BCUT2D eigenvalue weighted by Crippen LogP contribution is -2.38. The predicted octanol–water partition coefficient (Wildman–Crippen LogP) is 4.77. The maximum Gasteiger partial charge on any atom is 0.239 e. The van der Waals surface area contributed by atoms with Gasteiger partial charge in [-0.05, 0) is 56.5 Å². The Morgan fingerprint density at radius 3 is 2.77 bits per heavy atom. The van der Waals surface area contributed by atoms with Gasteiger partial charge >= 0.3 is 0 Å². The first-order chi connectivity index (χ1) is 15.1. The fourth-order valence-corrected chi connectivity index (χ4v) is 5.71. The highest BCUT2D eigenvalue weighted by atomic mass is 32.1.